The van der Waals surface area contributed by atoms with Crippen molar-refractivity contribution in [3.63, 3.8) is 0 Å². The zero-order valence-corrected chi connectivity index (χ0v) is 16.5. The van der Waals surface area contributed by atoms with Crippen molar-refractivity contribution in [3.05, 3.63) is 65.1 Å². The third-order valence-corrected chi connectivity index (χ3v) is 5.02. The number of aromatic nitrogens is 4. The summed E-state index contributed by atoms with van der Waals surface area (Å²) in [6, 6.07) is 3.35. The van der Waals surface area contributed by atoms with E-state index in [2.05, 4.69) is 30.6 Å². The minimum absolute atomic E-state index is 0.0561. The number of hydrogen-bond acceptors (Lipinski definition) is 7. The molecule has 0 aliphatic heterocycles. The fourth-order valence-electron chi connectivity index (χ4n) is 3.11. The Hall–Kier alpha value is -3.88. The number of hydrogen-bond donors (Lipinski definition) is 3. The number of amides is 1. The second-order valence-corrected chi connectivity index (χ2v) is 7.21. The normalized spacial score (nSPS) is 13.0. The lowest BCUT2D eigenvalue weighted by Gasteiger charge is -2.14. The van der Waals surface area contributed by atoms with E-state index >= 15 is 0 Å². The van der Waals surface area contributed by atoms with E-state index in [9.17, 15) is 14.7 Å². The molecule has 0 atom stereocenters. The Kier molecular flexibility index (Phi) is 5.09. The Morgan fingerprint density at radius 3 is 2.50 bits per heavy atom. The summed E-state index contributed by atoms with van der Waals surface area (Å²) in [5.74, 6) is -1.11. The first-order valence-electron chi connectivity index (χ1n) is 9.48. The molecule has 0 unspecified atom stereocenters. The minimum atomic E-state index is -1.11. The molecule has 0 spiro atoms. The van der Waals surface area contributed by atoms with E-state index in [0.29, 0.717) is 17.2 Å². The van der Waals surface area contributed by atoms with Crippen molar-refractivity contribution in [1.29, 1.82) is 0 Å². The first-order chi connectivity index (χ1) is 14.4. The van der Waals surface area contributed by atoms with Crippen LogP contribution in [0.5, 0.6) is 0 Å². The average molecular weight is 404 g/mol. The standard InChI is InChI=1S/C21H20N6O3/c1-11-3-6-15(17(12(11)2)21(29)30)27-20(28)18-19(25-14-7-22-10-23-8-14)24-9-16(26-18)13-4-5-13/h3,6-10,13H,4-5H2,1-2H3,(H,24,25)(H,27,28)(H,29,30). The maximum Gasteiger partial charge on any atom is 0.338 e. The number of rotatable bonds is 6. The summed E-state index contributed by atoms with van der Waals surface area (Å²) in [5.41, 5.74) is 3.07. The molecule has 0 radical (unpaired) electrons. The number of nitrogens with one attached hydrogen (secondary N) is 2. The van der Waals surface area contributed by atoms with Gasteiger partial charge in [-0.15, -0.1) is 0 Å². The summed E-state index contributed by atoms with van der Waals surface area (Å²) in [6.07, 6.45) is 8.17. The van der Waals surface area contributed by atoms with Crippen molar-refractivity contribution in [3.8, 4) is 0 Å². The van der Waals surface area contributed by atoms with Crippen LogP contribution in [0.2, 0.25) is 0 Å². The fraction of sp³-hybridized carbons (Fsp3) is 0.238. The predicted octanol–water partition coefficient (Wildman–Crippen LogP) is 3.45. The van der Waals surface area contributed by atoms with Gasteiger partial charge in [0.2, 0.25) is 0 Å². The summed E-state index contributed by atoms with van der Waals surface area (Å²) in [7, 11) is 0. The first kappa shape index (κ1) is 19.4. The molecule has 3 N–H and O–H groups in total. The predicted molar refractivity (Wildman–Crippen MR) is 110 cm³/mol. The summed E-state index contributed by atoms with van der Waals surface area (Å²) in [5, 5.41) is 15.3. The molecule has 30 heavy (non-hydrogen) atoms. The number of benzene rings is 1. The van der Waals surface area contributed by atoms with Crippen molar-refractivity contribution in [2.75, 3.05) is 10.6 Å². The second kappa shape index (κ2) is 7.86. The summed E-state index contributed by atoms with van der Waals surface area (Å²) in [4.78, 5) is 41.7. The Morgan fingerprint density at radius 1 is 1.10 bits per heavy atom. The van der Waals surface area contributed by atoms with Gasteiger partial charge in [-0.3, -0.25) is 4.79 Å². The van der Waals surface area contributed by atoms with Crippen LogP contribution < -0.4 is 10.6 Å². The van der Waals surface area contributed by atoms with E-state index in [4.69, 9.17) is 0 Å². The van der Waals surface area contributed by atoms with E-state index < -0.39 is 11.9 Å². The Labute approximate surface area is 172 Å². The summed E-state index contributed by atoms with van der Waals surface area (Å²) in [6.45, 7) is 3.53. The van der Waals surface area contributed by atoms with Crippen LogP contribution in [0.15, 0.2) is 37.1 Å². The summed E-state index contributed by atoms with van der Waals surface area (Å²) < 4.78 is 0. The fourth-order valence-corrected chi connectivity index (χ4v) is 3.11. The molecule has 152 valence electrons. The monoisotopic (exact) mass is 404 g/mol. The SMILES string of the molecule is Cc1ccc(NC(=O)c2nc(C3CC3)cnc2Nc2cncnc2)c(C(=O)O)c1C. The Balaban J connectivity index is 1.70. The van der Waals surface area contributed by atoms with E-state index in [1.54, 1.807) is 37.6 Å². The van der Waals surface area contributed by atoms with Crippen molar-refractivity contribution in [1.82, 2.24) is 19.9 Å². The Morgan fingerprint density at radius 2 is 1.83 bits per heavy atom. The third-order valence-electron chi connectivity index (χ3n) is 5.02. The van der Waals surface area contributed by atoms with Gasteiger partial charge in [-0.2, -0.15) is 0 Å². The van der Waals surface area contributed by atoms with Gasteiger partial charge in [0.15, 0.2) is 11.5 Å². The molecular weight excluding hydrogens is 384 g/mol. The molecule has 4 rings (SSSR count). The molecular formula is C21H20N6O3. The van der Waals surface area contributed by atoms with Gasteiger partial charge < -0.3 is 15.7 Å². The molecule has 2 heterocycles. The lowest BCUT2D eigenvalue weighted by atomic mass is 10.0. The third kappa shape index (κ3) is 3.95. The molecule has 0 saturated heterocycles. The number of aryl methyl sites for hydroxylation is 1. The van der Waals surface area contributed by atoms with E-state index in [-0.39, 0.29) is 22.8 Å². The molecule has 9 nitrogen and oxygen atoms in total. The molecule has 2 aromatic heterocycles. The molecule has 1 saturated carbocycles. The topological polar surface area (TPSA) is 130 Å². The largest absolute Gasteiger partial charge is 0.478 e. The van der Waals surface area contributed by atoms with Gasteiger partial charge in [-0.25, -0.2) is 24.7 Å². The highest BCUT2D eigenvalue weighted by Gasteiger charge is 2.28. The highest BCUT2D eigenvalue weighted by molar-refractivity contribution is 6.09. The van der Waals surface area contributed by atoms with Crippen molar-refractivity contribution >= 4 is 29.1 Å². The van der Waals surface area contributed by atoms with Crippen molar-refractivity contribution in [2.45, 2.75) is 32.6 Å². The molecule has 1 aliphatic carbocycles. The number of carboxylic acids is 1. The van der Waals surface area contributed by atoms with Gasteiger partial charge in [-0.1, -0.05) is 6.07 Å². The van der Waals surface area contributed by atoms with Crippen LogP contribution in [0.4, 0.5) is 17.2 Å². The first-order valence-corrected chi connectivity index (χ1v) is 9.48. The number of aromatic carboxylic acids is 1. The number of anilines is 3. The quantitative estimate of drug-likeness (QED) is 0.569. The van der Waals surface area contributed by atoms with Gasteiger partial charge in [0, 0.05) is 5.92 Å². The molecule has 1 aromatic carbocycles. The number of carboxylic acid groups (broad SMARTS) is 1. The number of carbonyl (C=O) groups is 2. The summed E-state index contributed by atoms with van der Waals surface area (Å²) >= 11 is 0. The molecule has 1 amide bonds. The Bertz CT molecular complexity index is 1130. The van der Waals surface area contributed by atoms with Crippen LogP contribution in [0.3, 0.4) is 0 Å². The molecule has 1 fully saturated rings. The maximum atomic E-state index is 13.1. The lowest BCUT2D eigenvalue weighted by molar-refractivity contribution is 0.0697. The van der Waals surface area contributed by atoms with Crippen LogP contribution in [0, 0.1) is 13.8 Å². The zero-order valence-electron chi connectivity index (χ0n) is 16.5. The molecule has 9 heteroatoms. The number of carbonyl (C=O) groups excluding carboxylic acids is 1. The lowest BCUT2D eigenvalue weighted by Crippen LogP contribution is -2.20. The number of nitrogens with zero attached hydrogens (tertiary/aromatic N) is 4. The maximum absolute atomic E-state index is 13.1. The van der Waals surface area contributed by atoms with Gasteiger partial charge in [-0.05, 0) is 43.9 Å². The van der Waals surface area contributed by atoms with Gasteiger partial charge in [0.05, 0.1) is 41.2 Å². The van der Waals surface area contributed by atoms with E-state index in [0.717, 1.165) is 24.1 Å². The highest BCUT2D eigenvalue weighted by atomic mass is 16.4. The van der Waals surface area contributed by atoms with Crippen LogP contribution in [0.1, 0.15) is 56.4 Å². The van der Waals surface area contributed by atoms with Crippen LogP contribution in [-0.4, -0.2) is 36.9 Å². The van der Waals surface area contributed by atoms with E-state index in [1.165, 1.54) is 6.33 Å². The van der Waals surface area contributed by atoms with Gasteiger partial charge >= 0.3 is 5.97 Å². The van der Waals surface area contributed by atoms with Gasteiger partial charge in [0.1, 0.15) is 6.33 Å². The van der Waals surface area contributed by atoms with E-state index in [1.807, 2.05) is 6.92 Å². The molecule has 0 bridgehead atoms. The second-order valence-electron chi connectivity index (χ2n) is 7.21. The van der Waals surface area contributed by atoms with Gasteiger partial charge in [0.25, 0.3) is 5.91 Å². The zero-order chi connectivity index (χ0) is 21.3. The molecule has 3 aromatic rings. The smallest absolute Gasteiger partial charge is 0.338 e. The van der Waals surface area contributed by atoms with Crippen molar-refractivity contribution in [2.24, 2.45) is 0 Å². The average Bonchev–Trinajstić information content (AvgIpc) is 3.57. The van der Waals surface area contributed by atoms with Crippen molar-refractivity contribution < 1.29 is 14.7 Å². The van der Waals surface area contributed by atoms with Crippen LogP contribution in [-0.2, 0) is 0 Å². The minimum Gasteiger partial charge on any atom is -0.478 e. The molecule has 1 aliphatic rings. The highest BCUT2D eigenvalue weighted by Crippen LogP contribution is 2.39. The van der Waals surface area contributed by atoms with Crippen LogP contribution in [0.25, 0.3) is 0 Å². The van der Waals surface area contributed by atoms with Crippen LogP contribution >= 0.6 is 0 Å².